The SMILES string of the molecule is Cc1cc(C)c(NC(=O)CN2C(=O)N[C@@H](CCc3ccccc3)C2=O)c(C)c1. The van der Waals surface area contributed by atoms with Crippen LogP contribution in [-0.2, 0) is 16.0 Å². The molecule has 0 aliphatic carbocycles. The minimum absolute atomic E-state index is 0.292. The standard InChI is InChI=1S/C22H25N3O3/c1-14-11-15(2)20(16(3)12-14)24-19(26)13-25-21(27)18(23-22(25)28)10-9-17-7-5-4-6-8-17/h4-8,11-12,18H,9-10,13H2,1-3H3,(H,23,28)(H,24,26)/t18-/m0/s1. The molecule has 0 radical (unpaired) electrons. The summed E-state index contributed by atoms with van der Waals surface area (Å²) in [6.07, 6.45) is 1.18. The fourth-order valence-electron chi connectivity index (χ4n) is 3.58. The van der Waals surface area contributed by atoms with Gasteiger partial charge in [-0.1, -0.05) is 48.0 Å². The Morgan fingerprint density at radius 1 is 1.07 bits per heavy atom. The monoisotopic (exact) mass is 379 g/mol. The quantitative estimate of drug-likeness (QED) is 0.757. The molecule has 146 valence electrons. The van der Waals surface area contributed by atoms with Gasteiger partial charge in [0.1, 0.15) is 12.6 Å². The van der Waals surface area contributed by atoms with E-state index in [2.05, 4.69) is 10.6 Å². The summed E-state index contributed by atoms with van der Waals surface area (Å²) in [5.74, 6) is -0.740. The first-order valence-electron chi connectivity index (χ1n) is 9.38. The minimum atomic E-state index is -0.594. The molecule has 1 saturated heterocycles. The van der Waals surface area contributed by atoms with Crippen LogP contribution in [0, 0.1) is 20.8 Å². The van der Waals surface area contributed by atoms with E-state index >= 15 is 0 Å². The molecule has 1 fully saturated rings. The molecule has 6 heteroatoms. The number of benzene rings is 2. The van der Waals surface area contributed by atoms with E-state index < -0.39 is 12.1 Å². The number of hydrogen-bond donors (Lipinski definition) is 2. The Labute approximate surface area is 164 Å². The van der Waals surface area contributed by atoms with Crippen molar-refractivity contribution < 1.29 is 14.4 Å². The second-order valence-corrected chi connectivity index (χ2v) is 7.27. The van der Waals surface area contributed by atoms with Gasteiger partial charge in [0.2, 0.25) is 5.91 Å². The van der Waals surface area contributed by atoms with Crippen LogP contribution in [0.3, 0.4) is 0 Å². The molecular formula is C22H25N3O3. The van der Waals surface area contributed by atoms with Crippen LogP contribution in [0.4, 0.5) is 10.5 Å². The third-order valence-corrected chi connectivity index (χ3v) is 4.91. The number of nitrogens with one attached hydrogen (secondary N) is 2. The van der Waals surface area contributed by atoms with Gasteiger partial charge in [0, 0.05) is 5.69 Å². The molecule has 0 bridgehead atoms. The molecule has 2 aromatic carbocycles. The highest BCUT2D eigenvalue weighted by Crippen LogP contribution is 2.22. The van der Waals surface area contributed by atoms with Gasteiger partial charge in [-0.15, -0.1) is 0 Å². The van der Waals surface area contributed by atoms with Crippen LogP contribution in [0.5, 0.6) is 0 Å². The lowest BCUT2D eigenvalue weighted by Gasteiger charge is -2.16. The predicted molar refractivity (Wildman–Crippen MR) is 108 cm³/mol. The highest BCUT2D eigenvalue weighted by molar-refractivity contribution is 6.08. The average molecular weight is 379 g/mol. The Kier molecular flexibility index (Phi) is 5.78. The largest absolute Gasteiger partial charge is 0.326 e. The molecule has 1 aliphatic heterocycles. The Morgan fingerprint density at radius 3 is 2.36 bits per heavy atom. The maximum absolute atomic E-state index is 12.6. The van der Waals surface area contributed by atoms with E-state index in [0.29, 0.717) is 12.8 Å². The van der Waals surface area contributed by atoms with Gasteiger partial charge in [0.15, 0.2) is 0 Å². The molecule has 28 heavy (non-hydrogen) atoms. The number of anilines is 1. The van der Waals surface area contributed by atoms with Crippen molar-refractivity contribution in [1.82, 2.24) is 10.2 Å². The Balaban J connectivity index is 1.60. The van der Waals surface area contributed by atoms with E-state index in [1.165, 1.54) is 0 Å². The van der Waals surface area contributed by atoms with E-state index in [9.17, 15) is 14.4 Å². The van der Waals surface area contributed by atoms with Gasteiger partial charge >= 0.3 is 6.03 Å². The number of carbonyl (C=O) groups is 3. The molecule has 6 nitrogen and oxygen atoms in total. The zero-order valence-corrected chi connectivity index (χ0v) is 16.4. The van der Waals surface area contributed by atoms with E-state index in [0.717, 1.165) is 32.8 Å². The fraction of sp³-hybridized carbons (Fsp3) is 0.318. The Hall–Kier alpha value is -3.15. The van der Waals surface area contributed by atoms with Crippen LogP contribution in [0.2, 0.25) is 0 Å². The molecule has 2 N–H and O–H groups in total. The zero-order valence-electron chi connectivity index (χ0n) is 16.4. The predicted octanol–water partition coefficient (Wildman–Crippen LogP) is 3.10. The minimum Gasteiger partial charge on any atom is -0.326 e. The number of amides is 4. The van der Waals surface area contributed by atoms with Gasteiger partial charge in [-0.05, 0) is 50.3 Å². The second kappa shape index (κ2) is 8.25. The fourth-order valence-corrected chi connectivity index (χ4v) is 3.58. The first kappa shape index (κ1) is 19.6. The number of urea groups is 1. The van der Waals surface area contributed by atoms with Gasteiger partial charge in [-0.25, -0.2) is 4.79 Å². The first-order valence-corrected chi connectivity index (χ1v) is 9.38. The normalized spacial score (nSPS) is 16.2. The van der Waals surface area contributed by atoms with Crippen molar-refractivity contribution in [2.45, 2.75) is 39.7 Å². The Morgan fingerprint density at radius 2 is 1.71 bits per heavy atom. The van der Waals surface area contributed by atoms with E-state index in [1.54, 1.807) is 0 Å². The third-order valence-electron chi connectivity index (χ3n) is 4.91. The van der Waals surface area contributed by atoms with Crippen molar-refractivity contribution >= 4 is 23.5 Å². The summed E-state index contributed by atoms with van der Waals surface area (Å²) in [6.45, 7) is 5.54. The van der Waals surface area contributed by atoms with Crippen LogP contribution in [0.1, 0.15) is 28.7 Å². The zero-order chi connectivity index (χ0) is 20.3. The summed E-state index contributed by atoms with van der Waals surface area (Å²) < 4.78 is 0. The van der Waals surface area contributed by atoms with Gasteiger partial charge < -0.3 is 10.6 Å². The molecule has 0 spiro atoms. The second-order valence-electron chi connectivity index (χ2n) is 7.27. The molecule has 4 amide bonds. The topological polar surface area (TPSA) is 78.5 Å². The summed E-state index contributed by atoms with van der Waals surface area (Å²) in [5, 5.41) is 5.51. The summed E-state index contributed by atoms with van der Waals surface area (Å²) >= 11 is 0. The molecule has 3 rings (SSSR count). The highest BCUT2D eigenvalue weighted by Gasteiger charge is 2.38. The van der Waals surface area contributed by atoms with Crippen molar-refractivity contribution in [1.29, 1.82) is 0 Å². The number of aryl methyl sites for hydroxylation is 4. The van der Waals surface area contributed by atoms with Gasteiger partial charge in [-0.3, -0.25) is 14.5 Å². The highest BCUT2D eigenvalue weighted by atomic mass is 16.2. The molecule has 1 atom stereocenters. The molecule has 1 aliphatic rings. The molecule has 0 unspecified atom stereocenters. The third kappa shape index (κ3) is 4.39. The number of imide groups is 1. The number of nitrogens with zero attached hydrogens (tertiary/aromatic N) is 1. The van der Waals surface area contributed by atoms with Crippen molar-refractivity contribution in [3.8, 4) is 0 Å². The molecule has 1 heterocycles. The summed E-state index contributed by atoms with van der Waals surface area (Å²) in [7, 11) is 0. The van der Waals surface area contributed by atoms with Crippen LogP contribution >= 0.6 is 0 Å². The maximum Gasteiger partial charge on any atom is 0.325 e. The summed E-state index contributed by atoms with van der Waals surface area (Å²) in [6, 6.07) is 12.6. The van der Waals surface area contributed by atoms with Crippen molar-refractivity contribution in [3.05, 3.63) is 64.7 Å². The van der Waals surface area contributed by atoms with Crippen molar-refractivity contribution in [2.24, 2.45) is 0 Å². The van der Waals surface area contributed by atoms with Gasteiger partial charge in [-0.2, -0.15) is 0 Å². The average Bonchev–Trinajstić information content (AvgIpc) is 2.91. The van der Waals surface area contributed by atoms with Gasteiger partial charge in [0.25, 0.3) is 5.91 Å². The van der Waals surface area contributed by atoms with Crippen LogP contribution in [0.25, 0.3) is 0 Å². The van der Waals surface area contributed by atoms with E-state index in [4.69, 9.17) is 0 Å². The molecule has 0 saturated carbocycles. The van der Waals surface area contributed by atoms with Gasteiger partial charge in [0.05, 0.1) is 0 Å². The number of rotatable bonds is 6. The van der Waals surface area contributed by atoms with Crippen molar-refractivity contribution in [3.63, 3.8) is 0 Å². The van der Waals surface area contributed by atoms with Crippen LogP contribution < -0.4 is 10.6 Å². The lowest BCUT2D eigenvalue weighted by molar-refractivity contribution is -0.130. The van der Waals surface area contributed by atoms with E-state index in [-0.39, 0.29) is 18.4 Å². The lowest BCUT2D eigenvalue weighted by atomic mass is 10.0. The number of hydrogen-bond acceptors (Lipinski definition) is 3. The Bertz CT molecular complexity index is 885. The molecular weight excluding hydrogens is 354 g/mol. The lowest BCUT2D eigenvalue weighted by Crippen LogP contribution is -2.38. The summed E-state index contributed by atoms with van der Waals surface area (Å²) in [4.78, 5) is 38.2. The number of carbonyl (C=O) groups excluding carboxylic acids is 3. The van der Waals surface area contributed by atoms with Crippen LogP contribution in [-0.4, -0.2) is 35.3 Å². The molecule has 0 aromatic heterocycles. The summed E-state index contributed by atoms with van der Waals surface area (Å²) in [5.41, 5.74) is 4.84. The van der Waals surface area contributed by atoms with Crippen molar-refractivity contribution in [2.75, 3.05) is 11.9 Å². The molecule has 2 aromatic rings. The smallest absolute Gasteiger partial charge is 0.325 e. The first-order chi connectivity index (χ1) is 13.3. The van der Waals surface area contributed by atoms with Crippen LogP contribution in [0.15, 0.2) is 42.5 Å². The maximum atomic E-state index is 12.6. The van der Waals surface area contributed by atoms with E-state index in [1.807, 2.05) is 63.2 Å².